The van der Waals surface area contributed by atoms with E-state index in [9.17, 15) is 9.90 Å². The highest BCUT2D eigenvalue weighted by Gasteiger charge is 2.32. The minimum absolute atomic E-state index is 0.145. The van der Waals surface area contributed by atoms with E-state index >= 15 is 0 Å². The Morgan fingerprint density at radius 3 is 1.82 bits per heavy atom. The molecule has 0 bridgehead atoms. The van der Waals surface area contributed by atoms with Crippen LogP contribution in [-0.4, -0.2) is 34.6 Å². The van der Waals surface area contributed by atoms with Crippen molar-refractivity contribution < 1.29 is 9.90 Å². The van der Waals surface area contributed by atoms with Crippen LogP contribution in [0, 0.1) is 11.8 Å². The average Bonchev–Trinajstić information content (AvgIpc) is 2.17. The average molecular weight is 243 g/mol. The molecule has 3 heteroatoms. The van der Waals surface area contributed by atoms with Crippen LogP contribution in [-0.2, 0) is 4.79 Å². The third-order valence-corrected chi connectivity index (χ3v) is 3.23. The molecule has 0 rings (SSSR count). The predicted octanol–water partition coefficient (Wildman–Crippen LogP) is 3.24. The zero-order chi connectivity index (χ0) is 13.6. The summed E-state index contributed by atoms with van der Waals surface area (Å²) in [5.41, 5.74) is 0. The van der Waals surface area contributed by atoms with E-state index in [0.717, 1.165) is 19.4 Å². The molecule has 0 fully saturated rings. The molecule has 0 aromatic rings. The maximum atomic E-state index is 11.5. The summed E-state index contributed by atoms with van der Waals surface area (Å²) in [6.45, 7) is 13.4. The third kappa shape index (κ3) is 5.07. The van der Waals surface area contributed by atoms with Gasteiger partial charge in [0.15, 0.2) is 0 Å². The van der Waals surface area contributed by atoms with Crippen LogP contribution in [0.2, 0.25) is 0 Å². The second-order valence-electron chi connectivity index (χ2n) is 5.59. The van der Waals surface area contributed by atoms with Crippen LogP contribution in [0.25, 0.3) is 0 Å². The summed E-state index contributed by atoms with van der Waals surface area (Å²) in [5, 5.41) is 9.43. The minimum Gasteiger partial charge on any atom is -0.480 e. The van der Waals surface area contributed by atoms with E-state index in [0.29, 0.717) is 12.0 Å². The summed E-state index contributed by atoms with van der Waals surface area (Å²) in [6.07, 6.45) is 2.03. The van der Waals surface area contributed by atoms with Gasteiger partial charge in [0.05, 0.1) is 0 Å². The number of rotatable bonds is 8. The summed E-state index contributed by atoms with van der Waals surface area (Å²) in [4.78, 5) is 13.7. The first-order valence-corrected chi connectivity index (χ1v) is 6.83. The molecule has 1 N–H and O–H groups in total. The van der Waals surface area contributed by atoms with Crippen LogP contribution in [0.1, 0.15) is 54.4 Å². The molecule has 0 aliphatic heterocycles. The lowest BCUT2D eigenvalue weighted by molar-refractivity contribution is -0.146. The molecular weight excluding hydrogens is 214 g/mol. The molecule has 0 radical (unpaired) electrons. The molecule has 3 nitrogen and oxygen atoms in total. The topological polar surface area (TPSA) is 40.5 Å². The highest BCUT2D eigenvalue weighted by Crippen LogP contribution is 2.20. The monoisotopic (exact) mass is 243 g/mol. The maximum Gasteiger partial charge on any atom is 0.321 e. The fourth-order valence-corrected chi connectivity index (χ4v) is 2.48. The quantitative estimate of drug-likeness (QED) is 0.711. The number of hydrogen-bond acceptors (Lipinski definition) is 2. The van der Waals surface area contributed by atoms with Gasteiger partial charge in [-0.1, -0.05) is 41.5 Å². The van der Waals surface area contributed by atoms with Gasteiger partial charge in [-0.3, -0.25) is 9.69 Å². The van der Waals surface area contributed by atoms with Crippen molar-refractivity contribution in [3.05, 3.63) is 0 Å². The lowest BCUT2D eigenvalue weighted by atomic mass is 9.97. The van der Waals surface area contributed by atoms with E-state index in [1.807, 2.05) is 13.8 Å². The molecule has 1 atom stereocenters. The molecule has 102 valence electrons. The van der Waals surface area contributed by atoms with Crippen LogP contribution >= 0.6 is 0 Å². The van der Waals surface area contributed by atoms with Crippen LogP contribution < -0.4 is 0 Å². The van der Waals surface area contributed by atoms with Gasteiger partial charge in [0.25, 0.3) is 0 Å². The molecule has 0 heterocycles. The van der Waals surface area contributed by atoms with Crippen LogP contribution in [0.5, 0.6) is 0 Å². The van der Waals surface area contributed by atoms with E-state index in [-0.39, 0.29) is 12.0 Å². The van der Waals surface area contributed by atoms with Gasteiger partial charge >= 0.3 is 5.97 Å². The second kappa shape index (κ2) is 7.70. The van der Waals surface area contributed by atoms with Gasteiger partial charge in [0, 0.05) is 12.6 Å². The second-order valence-corrected chi connectivity index (χ2v) is 5.59. The Kier molecular flexibility index (Phi) is 7.44. The first-order chi connectivity index (χ1) is 7.84. The lowest BCUT2D eigenvalue weighted by Gasteiger charge is -2.38. The normalized spacial score (nSPS) is 14.0. The molecule has 0 spiro atoms. The molecular formula is C14H29NO2. The third-order valence-electron chi connectivity index (χ3n) is 3.23. The largest absolute Gasteiger partial charge is 0.480 e. The van der Waals surface area contributed by atoms with Gasteiger partial charge in [-0.15, -0.1) is 0 Å². The Hall–Kier alpha value is -0.570. The van der Waals surface area contributed by atoms with Gasteiger partial charge in [-0.2, -0.15) is 0 Å². The first-order valence-electron chi connectivity index (χ1n) is 6.83. The van der Waals surface area contributed by atoms with Crippen molar-refractivity contribution in [3.63, 3.8) is 0 Å². The number of aliphatic carboxylic acids is 1. The summed E-state index contributed by atoms with van der Waals surface area (Å²) < 4.78 is 0. The smallest absolute Gasteiger partial charge is 0.321 e. The Balaban J connectivity index is 5.03. The Bertz CT molecular complexity index is 222. The standard InChI is InChI=1S/C14H29NO2/c1-7-12(8-2)15(9-10(3)4)13(11(5)6)14(16)17/h10-13H,7-9H2,1-6H3,(H,16,17). The van der Waals surface area contributed by atoms with Crippen LogP contribution in [0.4, 0.5) is 0 Å². The summed E-state index contributed by atoms with van der Waals surface area (Å²) in [6, 6.07) is 0.0169. The lowest BCUT2D eigenvalue weighted by Crippen LogP contribution is -2.51. The van der Waals surface area contributed by atoms with E-state index < -0.39 is 5.97 Å². The molecule has 0 aromatic heterocycles. The summed E-state index contributed by atoms with van der Waals surface area (Å²) >= 11 is 0. The number of carbonyl (C=O) groups is 1. The van der Waals surface area contributed by atoms with Crippen molar-refractivity contribution in [2.24, 2.45) is 11.8 Å². The fourth-order valence-electron chi connectivity index (χ4n) is 2.48. The molecule has 1 unspecified atom stereocenters. The van der Waals surface area contributed by atoms with E-state index in [4.69, 9.17) is 0 Å². The summed E-state index contributed by atoms with van der Waals surface area (Å²) in [5.74, 6) is -0.0457. The van der Waals surface area contributed by atoms with Gasteiger partial charge in [-0.25, -0.2) is 0 Å². The molecule has 0 aliphatic rings. The van der Waals surface area contributed by atoms with Crippen molar-refractivity contribution in [2.75, 3.05) is 6.54 Å². The van der Waals surface area contributed by atoms with Crippen molar-refractivity contribution in [1.82, 2.24) is 4.90 Å². The van der Waals surface area contributed by atoms with Gasteiger partial charge in [-0.05, 0) is 24.7 Å². The van der Waals surface area contributed by atoms with E-state index in [1.165, 1.54) is 0 Å². The molecule has 0 saturated carbocycles. The Morgan fingerprint density at radius 2 is 1.59 bits per heavy atom. The maximum absolute atomic E-state index is 11.5. The molecule has 0 aliphatic carbocycles. The summed E-state index contributed by atoms with van der Waals surface area (Å²) in [7, 11) is 0. The van der Waals surface area contributed by atoms with Crippen LogP contribution in [0.15, 0.2) is 0 Å². The highest BCUT2D eigenvalue weighted by molar-refractivity contribution is 5.73. The van der Waals surface area contributed by atoms with Crippen LogP contribution in [0.3, 0.4) is 0 Å². The van der Waals surface area contributed by atoms with Crippen molar-refractivity contribution in [2.45, 2.75) is 66.5 Å². The van der Waals surface area contributed by atoms with Crippen molar-refractivity contribution in [3.8, 4) is 0 Å². The van der Waals surface area contributed by atoms with Gasteiger partial charge in [0.1, 0.15) is 6.04 Å². The van der Waals surface area contributed by atoms with Crippen molar-refractivity contribution in [1.29, 1.82) is 0 Å². The zero-order valence-electron chi connectivity index (χ0n) is 12.2. The molecule has 0 saturated heterocycles. The van der Waals surface area contributed by atoms with Crippen molar-refractivity contribution >= 4 is 5.97 Å². The first kappa shape index (κ1) is 16.4. The SMILES string of the molecule is CCC(CC)N(CC(C)C)C(C(=O)O)C(C)C. The number of hydrogen-bond donors (Lipinski definition) is 1. The minimum atomic E-state index is -0.687. The zero-order valence-corrected chi connectivity index (χ0v) is 12.2. The molecule has 0 amide bonds. The number of nitrogens with zero attached hydrogens (tertiary/aromatic N) is 1. The predicted molar refractivity (Wildman–Crippen MR) is 72.2 cm³/mol. The van der Waals surface area contributed by atoms with E-state index in [1.54, 1.807) is 0 Å². The Morgan fingerprint density at radius 1 is 1.12 bits per heavy atom. The van der Waals surface area contributed by atoms with Gasteiger partial charge < -0.3 is 5.11 Å². The Labute approximate surface area is 106 Å². The molecule has 17 heavy (non-hydrogen) atoms. The molecule has 0 aromatic carbocycles. The number of carboxylic acids is 1. The van der Waals surface area contributed by atoms with Gasteiger partial charge in [0.2, 0.25) is 0 Å². The fraction of sp³-hybridized carbons (Fsp3) is 0.929. The van der Waals surface area contributed by atoms with E-state index in [2.05, 4.69) is 32.6 Å². The highest BCUT2D eigenvalue weighted by atomic mass is 16.4. The number of carboxylic acid groups (broad SMARTS) is 1.